The molecule has 0 fully saturated rings. The van der Waals surface area contributed by atoms with Crippen LogP contribution in [0.3, 0.4) is 0 Å². The van der Waals surface area contributed by atoms with Gasteiger partial charge in [0.05, 0.1) is 11.3 Å². The number of aromatic nitrogens is 2. The zero-order valence-corrected chi connectivity index (χ0v) is 24.6. The van der Waals surface area contributed by atoms with Crippen molar-refractivity contribution < 1.29 is 9.90 Å². The Hall–Kier alpha value is -3.70. The van der Waals surface area contributed by atoms with Crippen LogP contribution in [0.4, 0.5) is 0 Å². The molecule has 0 aliphatic rings. The highest BCUT2D eigenvalue weighted by molar-refractivity contribution is 5.87. The predicted octanol–water partition coefficient (Wildman–Crippen LogP) is 8.08. The minimum absolute atomic E-state index is 0.241. The molecule has 3 aromatic carbocycles. The number of carboxylic acid groups (broad SMARTS) is 1. The molecule has 2 N–H and O–H groups in total. The third-order valence-electron chi connectivity index (χ3n) is 7.51. The van der Waals surface area contributed by atoms with E-state index in [-0.39, 0.29) is 6.04 Å². The topological polar surface area (TPSA) is 67.2 Å². The van der Waals surface area contributed by atoms with E-state index in [0.717, 1.165) is 54.9 Å². The molecule has 40 heavy (non-hydrogen) atoms. The quantitative estimate of drug-likeness (QED) is 0.181. The van der Waals surface area contributed by atoms with Crippen LogP contribution in [0, 0.1) is 19.8 Å². The fourth-order valence-corrected chi connectivity index (χ4v) is 5.29. The van der Waals surface area contributed by atoms with E-state index in [9.17, 15) is 9.90 Å². The molecule has 4 aromatic rings. The lowest BCUT2D eigenvalue weighted by Crippen LogP contribution is -2.33. The molecule has 5 nitrogen and oxygen atoms in total. The number of rotatable bonds is 13. The van der Waals surface area contributed by atoms with E-state index >= 15 is 0 Å². The van der Waals surface area contributed by atoms with Crippen LogP contribution in [-0.2, 0) is 19.5 Å². The fourth-order valence-electron chi connectivity index (χ4n) is 5.29. The number of hydrogen-bond donors (Lipinski definition) is 2. The van der Waals surface area contributed by atoms with E-state index < -0.39 is 5.97 Å². The van der Waals surface area contributed by atoms with Gasteiger partial charge in [-0.1, -0.05) is 93.4 Å². The van der Waals surface area contributed by atoms with Crippen LogP contribution in [0.5, 0.6) is 0 Å². The number of benzene rings is 3. The Labute approximate surface area is 239 Å². The summed E-state index contributed by atoms with van der Waals surface area (Å²) in [7, 11) is 0. The van der Waals surface area contributed by atoms with Crippen LogP contribution in [0.15, 0.2) is 72.8 Å². The molecule has 5 heteroatoms. The minimum Gasteiger partial charge on any atom is -0.478 e. The molecular formula is C35H43N3O2. The van der Waals surface area contributed by atoms with Crippen molar-refractivity contribution in [2.45, 2.75) is 79.4 Å². The highest BCUT2D eigenvalue weighted by Crippen LogP contribution is 2.33. The second-order valence-corrected chi connectivity index (χ2v) is 11.3. The molecule has 0 saturated carbocycles. The van der Waals surface area contributed by atoms with Crippen molar-refractivity contribution in [1.82, 2.24) is 14.9 Å². The van der Waals surface area contributed by atoms with Crippen LogP contribution in [0.25, 0.3) is 22.6 Å². The van der Waals surface area contributed by atoms with Gasteiger partial charge in [-0.15, -0.1) is 0 Å². The number of aryl methyl sites for hydroxylation is 2. The monoisotopic (exact) mass is 537 g/mol. The Kier molecular flexibility index (Phi) is 9.94. The van der Waals surface area contributed by atoms with Gasteiger partial charge in [-0.25, -0.2) is 9.78 Å². The number of aromatic carboxylic acids is 1. The first kappa shape index (κ1) is 29.3. The molecule has 0 spiro atoms. The van der Waals surface area contributed by atoms with Crippen molar-refractivity contribution >= 4 is 5.97 Å². The van der Waals surface area contributed by atoms with E-state index in [1.54, 1.807) is 12.1 Å². The first-order valence-electron chi connectivity index (χ1n) is 14.5. The maximum Gasteiger partial charge on any atom is 0.335 e. The van der Waals surface area contributed by atoms with Gasteiger partial charge in [0, 0.05) is 42.4 Å². The smallest absolute Gasteiger partial charge is 0.335 e. The molecule has 1 heterocycles. The van der Waals surface area contributed by atoms with Gasteiger partial charge in [0.2, 0.25) is 0 Å². The summed E-state index contributed by atoms with van der Waals surface area (Å²) in [4.78, 5) is 16.6. The molecule has 0 radical (unpaired) electrons. The van der Waals surface area contributed by atoms with Crippen molar-refractivity contribution in [3.05, 3.63) is 101 Å². The molecule has 0 bridgehead atoms. The number of nitrogens with zero attached hydrogens (tertiary/aromatic N) is 2. The van der Waals surface area contributed by atoms with E-state index in [0.29, 0.717) is 18.0 Å². The molecule has 0 aliphatic heterocycles. The summed E-state index contributed by atoms with van der Waals surface area (Å²) in [6, 6.07) is 24.7. The largest absolute Gasteiger partial charge is 0.478 e. The summed E-state index contributed by atoms with van der Waals surface area (Å²) in [5.41, 5.74) is 8.54. The van der Waals surface area contributed by atoms with Gasteiger partial charge in [0.1, 0.15) is 5.82 Å². The molecule has 0 aliphatic carbocycles. The summed E-state index contributed by atoms with van der Waals surface area (Å²) in [6.07, 6.45) is 4.09. The van der Waals surface area contributed by atoms with Gasteiger partial charge in [-0.2, -0.15) is 0 Å². The maximum absolute atomic E-state index is 11.3. The molecule has 1 atom stereocenters. The average molecular weight is 538 g/mol. The highest BCUT2D eigenvalue weighted by atomic mass is 16.4. The number of carboxylic acids is 1. The lowest BCUT2D eigenvalue weighted by atomic mass is 9.97. The van der Waals surface area contributed by atoms with Crippen LogP contribution >= 0.6 is 0 Å². The van der Waals surface area contributed by atoms with Gasteiger partial charge >= 0.3 is 5.97 Å². The van der Waals surface area contributed by atoms with Crippen molar-refractivity contribution in [1.29, 1.82) is 0 Å². The zero-order chi connectivity index (χ0) is 28.6. The van der Waals surface area contributed by atoms with Crippen molar-refractivity contribution in [3.8, 4) is 22.6 Å². The Morgan fingerprint density at radius 3 is 2.30 bits per heavy atom. The Morgan fingerprint density at radius 1 is 0.975 bits per heavy atom. The van der Waals surface area contributed by atoms with Crippen LogP contribution in [0.2, 0.25) is 0 Å². The van der Waals surface area contributed by atoms with Crippen molar-refractivity contribution in [2.75, 3.05) is 0 Å². The molecule has 0 saturated heterocycles. The van der Waals surface area contributed by atoms with Gasteiger partial charge in [0.15, 0.2) is 0 Å². The molecule has 1 unspecified atom stereocenters. The van der Waals surface area contributed by atoms with Gasteiger partial charge in [-0.05, 0) is 55.9 Å². The lowest BCUT2D eigenvalue weighted by Gasteiger charge is -2.23. The van der Waals surface area contributed by atoms with E-state index in [4.69, 9.17) is 4.98 Å². The average Bonchev–Trinajstić information content (AvgIpc) is 3.28. The normalized spacial score (nSPS) is 12.2. The van der Waals surface area contributed by atoms with Gasteiger partial charge < -0.3 is 15.0 Å². The third-order valence-corrected chi connectivity index (χ3v) is 7.51. The summed E-state index contributed by atoms with van der Waals surface area (Å²) in [6.45, 7) is 12.7. The summed E-state index contributed by atoms with van der Waals surface area (Å²) >= 11 is 0. The standard InChI is InChI=1S/C35H43N3O2/c1-6-7-20-38-32(22-30(21-24(2)3)36-23-27-14-18-29(19-15-27)35(39)40)33(28-16-12-25(4)13-17-28)37-34(38)31-11-9-8-10-26(31)5/h8-19,24,30,36H,6-7,20-23H2,1-5H3,(H,39,40). The summed E-state index contributed by atoms with van der Waals surface area (Å²) in [5, 5.41) is 13.1. The Bertz CT molecular complexity index is 1400. The number of nitrogens with one attached hydrogen (secondary N) is 1. The third kappa shape index (κ3) is 7.28. The number of carbonyl (C=O) groups is 1. The molecule has 1 aromatic heterocycles. The molecule has 0 amide bonds. The number of hydrogen-bond acceptors (Lipinski definition) is 3. The van der Waals surface area contributed by atoms with E-state index in [2.05, 4.69) is 93.0 Å². The number of imidazole rings is 1. The fraction of sp³-hybridized carbons (Fsp3) is 0.371. The van der Waals surface area contributed by atoms with Gasteiger partial charge in [0.25, 0.3) is 0 Å². The summed E-state index contributed by atoms with van der Waals surface area (Å²) < 4.78 is 2.47. The first-order chi connectivity index (χ1) is 19.3. The highest BCUT2D eigenvalue weighted by Gasteiger charge is 2.24. The molecular weight excluding hydrogens is 494 g/mol. The predicted molar refractivity (Wildman–Crippen MR) is 165 cm³/mol. The van der Waals surface area contributed by atoms with Crippen LogP contribution in [0.1, 0.15) is 72.8 Å². The summed E-state index contributed by atoms with van der Waals surface area (Å²) in [5.74, 6) is 0.674. The van der Waals surface area contributed by atoms with E-state index in [1.807, 2.05) is 12.1 Å². The van der Waals surface area contributed by atoms with Crippen LogP contribution in [-0.4, -0.2) is 26.7 Å². The minimum atomic E-state index is -0.898. The Balaban J connectivity index is 1.75. The second kappa shape index (κ2) is 13.6. The molecule has 210 valence electrons. The van der Waals surface area contributed by atoms with Gasteiger partial charge in [-0.3, -0.25) is 0 Å². The van der Waals surface area contributed by atoms with Crippen LogP contribution < -0.4 is 5.32 Å². The maximum atomic E-state index is 11.3. The first-order valence-corrected chi connectivity index (χ1v) is 14.5. The number of unbranched alkanes of at least 4 members (excludes halogenated alkanes) is 1. The van der Waals surface area contributed by atoms with Crippen molar-refractivity contribution in [3.63, 3.8) is 0 Å². The zero-order valence-electron chi connectivity index (χ0n) is 24.6. The SMILES string of the molecule is CCCCn1c(-c2ccccc2C)nc(-c2ccc(C)cc2)c1CC(CC(C)C)NCc1ccc(C(=O)O)cc1. The molecule has 4 rings (SSSR count). The van der Waals surface area contributed by atoms with Crippen molar-refractivity contribution in [2.24, 2.45) is 5.92 Å². The van der Waals surface area contributed by atoms with E-state index in [1.165, 1.54) is 22.4 Å². The Morgan fingerprint density at radius 2 is 1.68 bits per heavy atom. The second-order valence-electron chi connectivity index (χ2n) is 11.3. The lowest BCUT2D eigenvalue weighted by molar-refractivity contribution is 0.0697.